The predicted molar refractivity (Wildman–Crippen MR) is 97.5 cm³/mol. The molecule has 2 aromatic rings. The molecule has 1 unspecified atom stereocenters. The van der Waals surface area contributed by atoms with Gasteiger partial charge in [-0.15, -0.1) is 0 Å². The molecule has 0 fully saturated rings. The lowest BCUT2D eigenvalue weighted by molar-refractivity contribution is 0.442. The van der Waals surface area contributed by atoms with Crippen LogP contribution in [0.3, 0.4) is 0 Å². The Balaban J connectivity index is 1.91. The zero-order valence-corrected chi connectivity index (χ0v) is 14.8. The first-order valence-electron chi connectivity index (χ1n) is 8.96. The highest BCUT2D eigenvalue weighted by Crippen LogP contribution is 2.21. The summed E-state index contributed by atoms with van der Waals surface area (Å²) >= 11 is 0. The Hall–Kier alpha value is -1.28. The van der Waals surface area contributed by atoms with Gasteiger partial charge >= 0.3 is 0 Å². The first-order valence-corrected chi connectivity index (χ1v) is 8.96. The first-order chi connectivity index (χ1) is 10.6. The topological polar surface area (TPSA) is 27.8 Å². The van der Waals surface area contributed by atoms with E-state index in [1.165, 1.54) is 66.2 Å². The number of rotatable bonds is 9. The molecule has 2 N–H and O–H groups in total. The zero-order valence-electron chi connectivity index (χ0n) is 14.8. The summed E-state index contributed by atoms with van der Waals surface area (Å²) in [4.78, 5) is 3.57. The molecule has 0 aliphatic heterocycles. The molecule has 122 valence electrons. The average Bonchev–Trinajstić information content (AvgIpc) is 2.90. The van der Waals surface area contributed by atoms with Gasteiger partial charge in [-0.3, -0.25) is 0 Å². The van der Waals surface area contributed by atoms with E-state index in [9.17, 15) is 0 Å². The Morgan fingerprint density at radius 2 is 1.86 bits per heavy atom. The van der Waals surface area contributed by atoms with Crippen LogP contribution in [-0.2, 0) is 6.54 Å². The molecule has 0 saturated carbocycles. The quantitative estimate of drug-likeness (QED) is 0.578. The van der Waals surface area contributed by atoms with Crippen LogP contribution in [-0.4, -0.2) is 11.0 Å². The molecule has 2 heteroatoms. The number of benzene rings is 1. The van der Waals surface area contributed by atoms with E-state index < -0.39 is 0 Å². The number of aryl methyl sites for hydroxylation is 2. The van der Waals surface area contributed by atoms with Crippen LogP contribution in [0.15, 0.2) is 18.2 Å². The molecule has 1 aromatic carbocycles. The van der Waals surface area contributed by atoms with E-state index >= 15 is 0 Å². The minimum Gasteiger partial charge on any atom is -0.357 e. The molecule has 0 spiro atoms. The van der Waals surface area contributed by atoms with Gasteiger partial charge in [0.25, 0.3) is 0 Å². The summed E-state index contributed by atoms with van der Waals surface area (Å²) in [5, 5.41) is 5.09. The van der Waals surface area contributed by atoms with Gasteiger partial charge in [-0.2, -0.15) is 0 Å². The molecule has 0 bridgehead atoms. The molecule has 0 amide bonds. The fourth-order valence-electron chi connectivity index (χ4n) is 3.27. The summed E-state index contributed by atoms with van der Waals surface area (Å²) in [7, 11) is 0. The van der Waals surface area contributed by atoms with Gasteiger partial charge in [0.1, 0.15) is 0 Å². The molecule has 22 heavy (non-hydrogen) atoms. The average molecular weight is 300 g/mol. The number of fused-ring (bicyclic) bond motifs is 1. The smallest absolute Gasteiger partial charge is 0.0461 e. The van der Waals surface area contributed by atoms with Crippen molar-refractivity contribution in [3.05, 3.63) is 35.0 Å². The lowest BCUT2D eigenvalue weighted by Crippen LogP contribution is -2.27. The first kappa shape index (κ1) is 17.1. The van der Waals surface area contributed by atoms with Crippen molar-refractivity contribution in [3.63, 3.8) is 0 Å². The third kappa shape index (κ3) is 4.61. The highest BCUT2D eigenvalue weighted by molar-refractivity contribution is 5.84. The Morgan fingerprint density at radius 3 is 2.59 bits per heavy atom. The molecule has 0 saturated heterocycles. The molecule has 0 aliphatic carbocycles. The SMILES string of the molecule is CCCCCCC(CC)NCc1cc2c(C)cc(C)cc2[nH]1. The molecular weight excluding hydrogens is 268 g/mol. The van der Waals surface area contributed by atoms with Crippen LogP contribution in [0.5, 0.6) is 0 Å². The second kappa shape index (κ2) is 8.38. The van der Waals surface area contributed by atoms with Crippen LogP contribution in [0, 0.1) is 13.8 Å². The van der Waals surface area contributed by atoms with E-state index in [0.29, 0.717) is 6.04 Å². The lowest BCUT2D eigenvalue weighted by Gasteiger charge is -2.16. The third-order valence-corrected chi connectivity index (χ3v) is 4.63. The van der Waals surface area contributed by atoms with Crippen LogP contribution in [0.2, 0.25) is 0 Å². The van der Waals surface area contributed by atoms with Crippen molar-refractivity contribution in [2.45, 2.75) is 78.8 Å². The third-order valence-electron chi connectivity index (χ3n) is 4.63. The van der Waals surface area contributed by atoms with Crippen LogP contribution >= 0.6 is 0 Å². The van der Waals surface area contributed by atoms with Crippen molar-refractivity contribution in [2.75, 3.05) is 0 Å². The molecule has 1 aromatic heterocycles. The molecule has 2 nitrogen and oxygen atoms in total. The number of hydrogen-bond donors (Lipinski definition) is 2. The maximum Gasteiger partial charge on any atom is 0.0461 e. The van der Waals surface area contributed by atoms with E-state index in [1.807, 2.05) is 0 Å². The number of aromatic nitrogens is 1. The number of hydrogen-bond acceptors (Lipinski definition) is 1. The number of nitrogens with one attached hydrogen (secondary N) is 2. The fraction of sp³-hybridized carbons (Fsp3) is 0.600. The zero-order chi connectivity index (χ0) is 15.9. The Kier molecular flexibility index (Phi) is 6.50. The minimum absolute atomic E-state index is 0.645. The molecule has 0 radical (unpaired) electrons. The summed E-state index contributed by atoms with van der Waals surface area (Å²) in [5.74, 6) is 0. The summed E-state index contributed by atoms with van der Waals surface area (Å²) < 4.78 is 0. The monoisotopic (exact) mass is 300 g/mol. The van der Waals surface area contributed by atoms with E-state index in [-0.39, 0.29) is 0 Å². The Bertz CT molecular complexity index is 583. The minimum atomic E-state index is 0.645. The van der Waals surface area contributed by atoms with Gasteiger partial charge in [-0.25, -0.2) is 0 Å². The second-order valence-electron chi connectivity index (χ2n) is 6.67. The largest absolute Gasteiger partial charge is 0.357 e. The standard InChI is InChI=1S/C20H32N2/c1-5-7-8-9-10-17(6-2)21-14-18-13-19-16(4)11-15(3)12-20(19)22-18/h11-13,17,21-22H,5-10,14H2,1-4H3. The normalized spacial score (nSPS) is 12.9. The summed E-state index contributed by atoms with van der Waals surface area (Å²) in [6.07, 6.45) is 7.93. The molecule has 1 atom stereocenters. The summed E-state index contributed by atoms with van der Waals surface area (Å²) in [6.45, 7) is 9.86. The number of unbranched alkanes of at least 4 members (excludes halogenated alkanes) is 3. The van der Waals surface area contributed by atoms with Crippen LogP contribution in [0.4, 0.5) is 0 Å². The second-order valence-corrected chi connectivity index (χ2v) is 6.67. The highest BCUT2D eigenvalue weighted by atomic mass is 14.9. The Morgan fingerprint density at radius 1 is 1.05 bits per heavy atom. The van der Waals surface area contributed by atoms with Crippen molar-refractivity contribution < 1.29 is 0 Å². The molecule has 0 aliphatic rings. The molecular formula is C20H32N2. The maximum absolute atomic E-state index is 3.73. The number of H-pyrrole nitrogens is 1. The van der Waals surface area contributed by atoms with Crippen molar-refractivity contribution in [2.24, 2.45) is 0 Å². The fourth-order valence-corrected chi connectivity index (χ4v) is 3.27. The van der Waals surface area contributed by atoms with E-state index in [4.69, 9.17) is 0 Å². The van der Waals surface area contributed by atoms with Gasteiger partial charge in [-0.05, 0) is 49.9 Å². The highest BCUT2D eigenvalue weighted by Gasteiger charge is 2.08. The van der Waals surface area contributed by atoms with Crippen molar-refractivity contribution in [1.82, 2.24) is 10.3 Å². The van der Waals surface area contributed by atoms with Gasteiger partial charge < -0.3 is 10.3 Å². The van der Waals surface area contributed by atoms with E-state index in [0.717, 1.165) is 6.54 Å². The molecule has 1 heterocycles. The summed E-state index contributed by atoms with van der Waals surface area (Å²) in [6, 6.07) is 7.45. The van der Waals surface area contributed by atoms with Crippen LogP contribution in [0.1, 0.15) is 69.2 Å². The van der Waals surface area contributed by atoms with Gasteiger partial charge in [0.05, 0.1) is 0 Å². The van der Waals surface area contributed by atoms with Crippen LogP contribution < -0.4 is 5.32 Å². The van der Waals surface area contributed by atoms with Gasteiger partial charge in [0.15, 0.2) is 0 Å². The lowest BCUT2D eigenvalue weighted by atomic mass is 10.1. The van der Waals surface area contributed by atoms with Gasteiger partial charge in [-0.1, -0.05) is 45.6 Å². The van der Waals surface area contributed by atoms with Crippen molar-refractivity contribution in [3.8, 4) is 0 Å². The molecule has 2 rings (SSSR count). The van der Waals surface area contributed by atoms with Crippen molar-refractivity contribution in [1.29, 1.82) is 0 Å². The Labute approximate surface area is 135 Å². The summed E-state index contributed by atoms with van der Waals surface area (Å²) in [5.41, 5.74) is 5.26. The van der Waals surface area contributed by atoms with Crippen molar-refractivity contribution >= 4 is 10.9 Å². The van der Waals surface area contributed by atoms with E-state index in [1.54, 1.807) is 0 Å². The van der Waals surface area contributed by atoms with E-state index in [2.05, 4.69) is 56.2 Å². The van der Waals surface area contributed by atoms with Crippen LogP contribution in [0.25, 0.3) is 10.9 Å². The predicted octanol–water partition coefficient (Wildman–Crippen LogP) is 5.62. The number of aromatic amines is 1. The van der Waals surface area contributed by atoms with Gasteiger partial charge in [0.2, 0.25) is 0 Å². The van der Waals surface area contributed by atoms with Gasteiger partial charge in [0, 0.05) is 29.2 Å². The maximum atomic E-state index is 3.73.